The molecule has 0 saturated carbocycles. The summed E-state index contributed by atoms with van der Waals surface area (Å²) >= 11 is 1.55. The molecule has 0 unspecified atom stereocenters. The topological polar surface area (TPSA) is 82.2 Å². The number of rotatable bonds is 6. The lowest BCUT2D eigenvalue weighted by Crippen LogP contribution is -2.41. The standard InChI is InChI=1S/C14H16N2O3S/c1-20-7-6-11(14(18)19)16-13(17)12-8-9-4-2-3-5-10(9)15-12/h2-5,8,11,15H,6-7H2,1H3,(H,16,17)(H,18,19)/t11-/m0/s1. The molecule has 106 valence electrons. The number of carboxylic acid groups (broad SMARTS) is 1. The van der Waals surface area contributed by atoms with Gasteiger partial charge < -0.3 is 15.4 Å². The molecule has 0 radical (unpaired) electrons. The molecule has 2 aromatic rings. The Hall–Kier alpha value is -1.95. The van der Waals surface area contributed by atoms with E-state index < -0.39 is 17.9 Å². The number of carbonyl (C=O) groups is 2. The van der Waals surface area contributed by atoms with Gasteiger partial charge in [0, 0.05) is 10.9 Å². The number of hydrogen-bond donors (Lipinski definition) is 3. The van der Waals surface area contributed by atoms with Crippen molar-refractivity contribution in [3.8, 4) is 0 Å². The molecule has 1 aromatic heterocycles. The third-order valence-corrected chi connectivity index (χ3v) is 3.63. The summed E-state index contributed by atoms with van der Waals surface area (Å²) in [5.41, 5.74) is 1.23. The van der Waals surface area contributed by atoms with Crippen LogP contribution in [0.3, 0.4) is 0 Å². The molecule has 6 heteroatoms. The van der Waals surface area contributed by atoms with E-state index in [1.165, 1.54) is 0 Å². The van der Waals surface area contributed by atoms with Crippen LogP contribution in [0.4, 0.5) is 0 Å². The van der Waals surface area contributed by atoms with Crippen molar-refractivity contribution in [3.63, 3.8) is 0 Å². The van der Waals surface area contributed by atoms with E-state index in [4.69, 9.17) is 5.11 Å². The molecule has 0 bridgehead atoms. The first kappa shape index (κ1) is 14.5. The zero-order valence-electron chi connectivity index (χ0n) is 11.1. The van der Waals surface area contributed by atoms with E-state index in [0.717, 1.165) is 10.9 Å². The van der Waals surface area contributed by atoms with E-state index in [0.29, 0.717) is 17.9 Å². The van der Waals surface area contributed by atoms with Gasteiger partial charge in [-0.1, -0.05) is 18.2 Å². The number of fused-ring (bicyclic) bond motifs is 1. The van der Waals surface area contributed by atoms with Gasteiger partial charge in [-0.3, -0.25) is 4.79 Å². The third kappa shape index (κ3) is 3.33. The molecule has 0 aliphatic carbocycles. The molecule has 3 N–H and O–H groups in total. The summed E-state index contributed by atoms with van der Waals surface area (Å²) in [6, 6.07) is 8.38. The molecular formula is C14H16N2O3S. The van der Waals surface area contributed by atoms with Crippen LogP contribution in [0.15, 0.2) is 30.3 Å². The van der Waals surface area contributed by atoms with Gasteiger partial charge >= 0.3 is 5.97 Å². The number of para-hydroxylation sites is 1. The lowest BCUT2D eigenvalue weighted by Gasteiger charge is -2.13. The average Bonchev–Trinajstić information content (AvgIpc) is 2.86. The number of benzene rings is 1. The number of thioether (sulfide) groups is 1. The summed E-state index contributed by atoms with van der Waals surface area (Å²) in [6.07, 6.45) is 2.31. The van der Waals surface area contributed by atoms with Crippen molar-refractivity contribution in [2.75, 3.05) is 12.0 Å². The van der Waals surface area contributed by atoms with Gasteiger partial charge in [0.2, 0.25) is 0 Å². The highest BCUT2D eigenvalue weighted by Gasteiger charge is 2.20. The Bertz CT molecular complexity index is 591. The number of carboxylic acids is 1. The minimum Gasteiger partial charge on any atom is -0.480 e. The van der Waals surface area contributed by atoms with Crippen LogP contribution in [0.25, 0.3) is 10.9 Å². The zero-order chi connectivity index (χ0) is 14.5. The van der Waals surface area contributed by atoms with Gasteiger partial charge in [-0.15, -0.1) is 0 Å². The smallest absolute Gasteiger partial charge is 0.326 e. The molecule has 20 heavy (non-hydrogen) atoms. The Kier molecular flexibility index (Phi) is 4.68. The normalized spacial score (nSPS) is 12.2. The van der Waals surface area contributed by atoms with Crippen molar-refractivity contribution in [1.82, 2.24) is 10.3 Å². The van der Waals surface area contributed by atoms with Crippen molar-refractivity contribution in [3.05, 3.63) is 36.0 Å². The summed E-state index contributed by atoms with van der Waals surface area (Å²) < 4.78 is 0. The Labute approximate surface area is 120 Å². The number of nitrogens with one attached hydrogen (secondary N) is 2. The Morgan fingerprint density at radius 1 is 1.40 bits per heavy atom. The van der Waals surface area contributed by atoms with Gasteiger partial charge in [0.05, 0.1) is 0 Å². The minimum atomic E-state index is -1.01. The minimum absolute atomic E-state index is 0.376. The SMILES string of the molecule is CSCC[C@H](NC(=O)c1cc2ccccc2[nH]1)C(=O)O. The number of aliphatic carboxylic acids is 1. The van der Waals surface area contributed by atoms with Gasteiger partial charge in [-0.2, -0.15) is 11.8 Å². The summed E-state index contributed by atoms with van der Waals surface area (Å²) in [6.45, 7) is 0. The van der Waals surface area contributed by atoms with Gasteiger partial charge in [0.25, 0.3) is 5.91 Å². The fraction of sp³-hybridized carbons (Fsp3) is 0.286. The Balaban J connectivity index is 2.11. The van der Waals surface area contributed by atoms with E-state index in [1.807, 2.05) is 30.5 Å². The van der Waals surface area contributed by atoms with E-state index >= 15 is 0 Å². The highest BCUT2D eigenvalue weighted by Crippen LogP contribution is 2.14. The second-order valence-corrected chi connectivity index (χ2v) is 5.40. The largest absolute Gasteiger partial charge is 0.480 e. The predicted molar refractivity (Wildman–Crippen MR) is 80.2 cm³/mol. The van der Waals surface area contributed by atoms with Crippen LogP contribution in [0.1, 0.15) is 16.9 Å². The van der Waals surface area contributed by atoms with Gasteiger partial charge in [0.1, 0.15) is 11.7 Å². The van der Waals surface area contributed by atoms with Crippen LogP contribution in [-0.4, -0.2) is 40.0 Å². The van der Waals surface area contributed by atoms with E-state index in [1.54, 1.807) is 17.8 Å². The third-order valence-electron chi connectivity index (χ3n) is 2.99. The molecule has 0 saturated heterocycles. The maximum absolute atomic E-state index is 12.1. The molecule has 0 fully saturated rings. The highest BCUT2D eigenvalue weighted by molar-refractivity contribution is 7.98. The zero-order valence-corrected chi connectivity index (χ0v) is 11.9. The molecule has 1 heterocycles. The number of carbonyl (C=O) groups excluding carboxylic acids is 1. The monoisotopic (exact) mass is 292 g/mol. The average molecular weight is 292 g/mol. The van der Waals surface area contributed by atoms with Crippen molar-refractivity contribution < 1.29 is 14.7 Å². The first-order valence-electron chi connectivity index (χ1n) is 6.22. The van der Waals surface area contributed by atoms with E-state index in [-0.39, 0.29) is 0 Å². The Morgan fingerprint density at radius 3 is 2.80 bits per heavy atom. The number of H-pyrrole nitrogens is 1. The maximum Gasteiger partial charge on any atom is 0.326 e. The van der Waals surface area contributed by atoms with E-state index in [9.17, 15) is 9.59 Å². The molecule has 5 nitrogen and oxygen atoms in total. The van der Waals surface area contributed by atoms with Crippen LogP contribution >= 0.6 is 11.8 Å². The van der Waals surface area contributed by atoms with Crippen LogP contribution < -0.4 is 5.32 Å². The predicted octanol–water partition coefficient (Wildman–Crippen LogP) is 2.10. The number of aromatic nitrogens is 1. The van der Waals surface area contributed by atoms with Crippen LogP contribution in [0, 0.1) is 0 Å². The van der Waals surface area contributed by atoms with Crippen LogP contribution in [-0.2, 0) is 4.79 Å². The maximum atomic E-state index is 12.1. The van der Waals surface area contributed by atoms with Gasteiger partial charge in [-0.25, -0.2) is 4.79 Å². The Morgan fingerprint density at radius 2 is 2.15 bits per heavy atom. The summed E-state index contributed by atoms with van der Waals surface area (Å²) in [5.74, 6) is -0.720. The van der Waals surface area contributed by atoms with Crippen molar-refractivity contribution >= 4 is 34.5 Å². The van der Waals surface area contributed by atoms with Crippen molar-refractivity contribution in [2.24, 2.45) is 0 Å². The fourth-order valence-electron chi connectivity index (χ4n) is 1.92. The molecule has 2 rings (SSSR count). The summed E-state index contributed by atoms with van der Waals surface area (Å²) in [4.78, 5) is 26.2. The first-order valence-corrected chi connectivity index (χ1v) is 7.61. The van der Waals surface area contributed by atoms with Crippen molar-refractivity contribution in [2.45, 2.75) is 12.5 Å². The number of aromatic amines is 1. The summed E-state index contributed by atoms with van der Waals surface area (Å²) in [7, 11) is 0. The van der Waals surface area contributed by atoms with E-state index in [2.05, 4.69) is 10.3 Å². The molecule has 1 atom stereocenters. The molecule has 1 amide bonds. The molecular weight excluding hydrogens is 276 g/mol. The van der Waals surface area contributed by atoms with Gasteiger partial charge in [-0.05, 0) is 30.6 Å². The highest BCUT2D eigenvalue weighted by atomic mass is 32.2. The van der Waals surface area contributed by atoms with Gasteiger partial charge in [0.15, 0.2) is 0 Å². The van der Waals surface area contributed by atoms with Crippen LogP contribution in [0.2, 0.25) is 0 Å². The molecule has 0 spiro atoms. The second-order valence-electron chi connectivity index (χ2n) is 4.42. The first-order chi connectivity index (χ1) is 9.61. The van der Waals surface area contributed by atoms with Crippen molar-refractivity contribution in [1.29, 1.82) is 0 Å². The lowest BCUT2D eigenvalue weighted by atomic mass is 10.2. The second kappa shape index (κ2) is 6.47. The molecule has 0 aliphatic rings. The number of amides is 1. The molecule has 1 aromatic carbocycles. The van der Waals surface area contributed by atoms with Crippen LogP contribution in [0.5, 0.6) is 0 Å². The fourth-order valence-corrected chi connectivity index (χ4v) is 2.40. The summed E-state index contributed by atoms with van der Waals surface area (Å²) in [5, 5.41) is 12.6. The lowest BCUT2D eigenvalue weighted by molar-refractivity contribution is -0.139. The molecule has 0 aliphatic heterocycles. The number of hydrogen-bond acceptors (Lipinski definition) is 3. The quantitative estimate of drug-likeness (QED) is 0.761.